The summed E-state index contributed by atoms with van der Waals surface area (Å²) in [5.74, 6) is 0.566. The molecule has 1 saturated heterocycles. The Morgan fingerprint density at radius 1 is 1.50 bits per heavy atom. The number of fused-ring (bicyclic) bond motifs is 1. The zero-order valence-corrected chi connectivity index (χ0v) is 17.4. The third-order valence-electron chi connectivity index (χ3n) is 5.62. The highest BCUT2D eigenvalue weighted by Gasteiger charge is 2.35. The van der Waals surface area contributed by atoms with Crippen LogP contribution in [-0.2, 0) is 22.6 Å². The smallest absolute Gasteiger partial charge is 0.406 e. The predicted molar refractivity (Wildman–Crippen MR) is 114 cm³/mol. The number of ether oxygens (including phenoxy) is 2. The Morgan fingerprint density at radius 2 is 2.37 bits per heavy atom. The molecule has 2 aromatic rings. The van der Waals surface area contributed by atoms with Crippen LogP contribution in [-0.4, -0.2) is 71.9 Å². The number of nitrogens with one attached hydrogen (secondary N) is 3. The zero-order chi connectivity index (χ0) is 20.9. The lowest BCUT2D eigenvalue weighted by Gasteiger charge is -2.32. The first-order chi connectivity index (χ1) is 14.7. The van der Waals surface area contributed by atoms with Crippen molar-refractivity contribution >= 4 is 23.0 Å². The van der Waals surface area contributed by atoms with Gasteiger partial charge in [0, 0.05) is 56.5 Å². The molecule has 1 amide bonds. The van der Waals surface area contributed by atoms with E-state index in [1.165, 1.54) is 12.7 Å². The first kappa shape index (κ1) is 20.6. The van der Waals surface area contributed by atoms with Gasteiger partial charge in [-0.2, -0.15) is 0 Å². The largest absolute Gasteiger partial charge is 0.453 e. The molecule has 1 aliphatic carbocycles. The molecule has 2 fully saturated rings. The van der Waals surface area contributed by atoms with E-state index >= 15 is 0 Å². The van der Waals surface area contributed by atoms with Crippen LogP contribution in [0.5, 0.6) is 0 Å². The number of pyridine rings is 1. The lowest BCUT2D eigenvalue weighted by Crippen LogP contribution is -2.49. The number of aromatic nitrogens is 2. The van der Waals surface area contributed by atoms with Crippen molar-refractivity contribution in [3.05, 3.63) is 30.1 Å². The van der Waals surface area contributed by atoms with E-state index in [0.29, 0.717) is 38.1 Å². The molecule has 2 aromatic heterocycles. The molecule has 162 valence electrons. The van der Waals surface area contributed by atoms with Gasteiger partial charge in [0.15, 0.2) is 0 Å². The fourth-order valence-electron chi connectivity index (χ4n) is 3.91. The van der Waals surface area contributed by atoms with Crippen molar-refractivity contribution in [1.29, 1.82) is 5.41 Å². The van der Waals surface area contributed by atoms with Crippen LogP contribution in [0.3, 0.4) is 0 Å². The average molecular weight is 415 g/mol. The van der Waals surface area contributed by atoms with E-state index in [0.717, 1.165) is 43.4 Å². The van der Waals surface area contributed by atoms with Crippen molar-refractivity contribution in [3.63, 3.8) is 0 Å². The summed E-state index contributed by atoms with van der Waals surface area (Å²) in [7, 11) is 1.36. The van der Waals surface area contributed by atoms with E-state index in [1.54, 1.807) is 6.20 Å². The molecule has 0 spiro atoms. The molecule has 1 saturated carbocycles. The highest BCUT2D eigenvalue weighted by molar-refractivity contribution is 5.86. The second-order valence-corrected chi connectivity index (χ2v) is 7.80. The number of rotatable bonds is 8. The van der Waals surface area contributed by atoms with Gasteiger partial charge in [-0.3, -0.25) is 5.41 Å². The molecule has 1 atom stereocenters. The highest BCUT2D eigenvalue weighted by Crippen LogP contribution is 2.31. The minimum atomic E-state index is -0.413. The van der Waals surface area contributed by atoms with Gasteiger partial charge < -0.3 is 29.6 Å². The molecule has 0 bridgehead atoms. The van der Waals surface area contributed by atoms with Crippen LogP contribution in [0.1, 0.15) is 24.8 Å². The number of amidine groups is 1. The van der Waals surface area contributed by atoms with E-state index < -0.39 is 6.09 Å². The maximum atomic E-state index is 11.2. The maximum absolute atomic E-state index is 11.2. The molecule has 1 aliphatic heterocycles. The van der Waals surface area contributed by atoms with Gasteiger partial charge in [-0.05, 0) is 37.0 Å². The van der Waals surface area contributed by atoms with Gasteiger partial charge in [-0.25, -0.2) is 9.78 Å². The number of hydrogen-bond acceptors (Lipinski definition) is 6. The molecule has 0 unspecified atom stereocenters. The summed E-state index contributed by atoms with van der Waals surface area (Å²) >= 11 is 0. The molecular weight excluding hydrogens is 384 g/mol. The second kappa shape index (κ2) is 9.44. The number of nitrogens with zero attached hydrogens (tertiary/aromatic N) is 3. The number of methoxy groups -OCH3 is 1. The number of carbonyl (C=O) groups is 1. The minimum Gasteiger partial charge on any atom is -0.453 e. The van der Waals surface area contributed by atoms with Crippen molar-refractivity contribution in [1.82, 2.24) is 25.1 Å². The van der Waals surface area contributed by atoms with Crippen molar-refractivity contribution in [2.75, 3.05) is 33.4 Å². The van der Waals surface area contributed by atoms with Crippen LogP contribution in [0.2, 0.25) is 0 Å². The summed E-state index contributed by atoms with van der Waals surface area (Å²) in [5.41, 5.74) is 2.10. The van der Waals surface area contributed by atoms with Crippen LogP contribution >= 0.6 is 0 Å². The van der Waals surface area contributed by atoms with Crippen LogP contribution < -0.4 is 10.6 Å². The van der Waals surface area contributed by atoms with Gasteiger partial charge >= 0.3 is 6.09 Å². The number of alkyl carbamates (subject to hydrolysis) is 1. The molecule has 9 nitrogen and oxygen atoms in total. The summed E-state index contributed by atoms with van der Waals surface area (Å²) in [5, 5.41) is 15.9. The van der Waals surface area contributed by atoms with Crippen LogP contribution in [0.15, 0.2) is 24.5 Å². The van der Waals surface area contributed by atoms with Gasteiger partial charge in [0.05, 0.1) is 13.7 Å². The molecule has 30 heavy (non-hydrogen) atoms. The van der Waals surface area contributed by atoms with Crippen molar-refractivity contribution in [3.8, 4) is 0 Å². The monoisotopic (exact) mass is 414 g/mol. The van der Waals surface area contributed by atoms with E-state index in [4.69, 9.17) is 10.1 Å². The molecule has 3 N–H and O–H groups in total. The van der Waals surface area contributed by atoms with E-state index in [-0.39, 0.29) is 6.10 Å². The summed E-state index contributed by atoms with van der Waals surface area (Å²) in [6.45, 7) is 4.15. The summed E-state index contributed by atoms with van der Waals surface area (Å²) < 4.78 is 12.6. The lowest BCUT2D eigenvalue weighted by molar-refractivity contribution is 0.0613. The SMILES string of the molecule is COC(=O)NCCCn1cc(CN(C(=N)[C@H]2CNCCO2)C2CC2)c2cccnc21. The maximum Gasteiger partial charge on any atom is 0.406 e. The number of aryl methyl sites for hydroxylation is 1. The Balaban J connectivity index is 1.48. The third-order valence-corrected chi connectivity index (χ3v) is 5.62. The molecule has 3 heterocycles. The molecule has 9 heteroatoms. The summed E-state index contributed by atoms with van der Waals surface area (Å²) in [6, 6.07) is 4.46. The minimum absolute atomic E-state index is 0.185. The van der Waals surface area contributed by atoms with Gasteiger partial charge in [-0.1, -0.05) is 0 Å². The first-order valence-electron chi connectivity index (χ1n) is 10.6. The van der Waals surface area contributed by atoms with Crippen LogP contribution in [0, 0.1) is 5.41 Å². The molecule has 4 rings (SSSR count). The Morgan fingerprint density at radius 3 is 3.10 bits per heavy atom. The van der Waals surface area contributed by atoms with Gasteiger partial charge in [0.1, 0.15) is 17.6 Å². The number of hydrogen-bond donors (Lipinski definition) is 3. The standard InChI is InChI=1S/C21H30N6O3/c1-29-21(28)25-8-3-10-26-13-15(17-4-2-7-24-20(17)26)14-27(16-5-6-16)19(22)18-12-23-9-11-30-18/h2,4,7,13,16,18,22-23H,3,5-6,8-12,14H2,1H3,(H,25,28)/t18-/m1/s1. The van der Waals surface area contributed by atoms with Crippen molar-refractivity contribution in [2.24, 2.45) is 0 Å². The predicted octanol–water partition coefficient (Wildman–Crippen LogP) is 1.71. The van der Waals surface area contributed by atoms with Crippen LogP contribution in [0.25, 0.3) is 11.0 Å². The number of morpholine rings is 1. The number of amides is 1. The molecule has 0 aromatic carbocycles. The second-order valence-electron chi connectivity index (χ2n) is 7.80. The fourth-order valence-corrected chi connectivity index (χ4v) is 3.91. The number of carbonyl (C=O) groups excluding carboxylic acids is 1. The summed E-state index contributed by atoms with van der Waals surface area (Å²) in [4.78, 5) is 18.0. The van der Waals surface area contributed by atoms with E-state index in [2.05, 4.69) is 42.1 Å². The lowest BCUT2D eigenvalue weighted by atomic mass is 10.2. The zero-order valence-electron chi connectivity index (χ0n) is 17.4. The molecule has 2 aliphatic rings. The fraction of sp³-hybridized carbons (Fsp3) is 0.571. The topological polar surface area (TPSA) is 104 Å². The third kappa shape index (κ3) is 4.73. The van der Waals surface area contributed by atoms with Crippen molar-refractivity contribution < 1.29 is 14.3 Å². The molecular formula is C21H30N6O3. The average Bonchev–Trinajstić information content (AvgIpc) is 3.58. The Kier molecular flexibility index (Phi) is 6.49. The normalized spacial score (nSPS) is 18.9. The highest BCUT2D eigenvalue weighted by atomic mass is 16.5. The van der Waals surface area contributed by atoms with Crippen LogP contribution in [0.4, 0.5) is 4.79 Å². The van der Waals surface area contributed by atoms with Gasteiger partial charge in [-0.15, -0.1) is 0 Å². The summed E-state index contributed by atoms with van der Waals surface area (Å²) in [6.07, 6.45) is 6.37. The van der Waals surface area contributed by atoms with Gasteiger partial charge in [0.25, 0.3) is 0 Å². The Hall–Kier alpha value is -2.65. The van der Waals surface area contributed by atoms with E-state index in [1.807, 2.05) is 6.07 Å². The Labute approximate surface area is 176 Å². The van der Waals surface area contributed by atoms with Gasteiger partial charge in [0.2, 0.25) is 0 Å². The quantitative estimate of drug-likeness (QED) is 0.345. The van der Waals surface area contributed by atoms with Crippen molar-refractivity contribution in [2.45, 2.75) is 44.5 Å². The first-order valence-corrected chi connectivity index (χ1v) is 10.6. The molecule has 0 radical (unpaired) electrons. The van der Waals surface area contributed by atoms with E-state index in [9.17, 15) is 4.79 Å². The Bertz CT molecular complexity index is 888.